The van der Waals surface area contributed by atoms with E-state index in [1.807, 2.05) is 23.1 Å². The molecular weight excluding hydrogens is 336 g/mol. The third-order valence-corrected chi connectivity index (χ3v) is 4.36. The molecule has 1 N–H and O–H groups in total. The number of hydrogen-bond donors (Lipinski definition) is 1. The molecule has 0 unspecified atom stereocenters. The number of amides is 2. The molecule has 0 spiro atoms. The molecule has 3 rings (SSSR count). The fourth-order valence-electron chi connectivity index (χ4n) is 2.79. The van der Waals surface area contributed by atoms with Gasteiger partial charge in [0.15, 0.2) is 0 Å². The third kappa shape index (κ3) is 4.48. The van der Waals surface area contributed by atoms with E-state index >= 15 is 0 Å². The maximum Gasteiger partial charge on any atom is 0.255 e. The fraction of sp³-hybridized carbons (Fsp3) is 0.200. The summed E-state index contributed by atoms with van der Waals surface area (Å²) in [5, 5.41) is 3.45. The number of carbonyl (C=O) groups is 2. The summed E-state index contributed by atoms with van der Waals surface area (Å²) in [5.74, 6) is -0.313. The lowest BCUT2D eigenvalue weighted by Crippen LogP contribution is -2.28. The van der Waals surface area contributed by atoms with Crippen LogP contribution in [0.4, 0.5) is 5.69 Å². The van der Waals surface area contributed by atoms with E-state index < -0.39 is 0 Å². The molecule has 4 nitrogen and oxygen atoms in total. The molecule has 2 aromatic rings. The molecule has 0 aromatic heterocycles. The predicted molar refractivity (Wildman–Crippen MR) is 101 cm³/mol. The summed E-state index contributed by atoms with van der Waals surface area (Å²) in [4.78, 5) is 26.6. The van der Waals surface area contributed by atoms with Crippen LogP contribution in [0.3, 0.4) is 0 Å². The van der Waals surface area contributed by atoms with Crippen molar-refractivity contribution in [3.63, 3.8) is 0 Å². The second kappa shape index (κ2) is 7.99. The number of rotatable bonds is 4. The SMILES string of the molecule is O=C(/C=C/c1ccc(Cl)cc1)Nc1ccccc1C(=O)N1CCCC1. The first-order valence-corrected chi connectivity index (χ1v) is 8.64. The predicted octanol–water partition coefficient (Wildman–Crippen LogP) is 4.23. The largest absolute Gasteiger partial charge is 0.339 e. The number of halogens is 1. The second-order valence-corrected chi connectivity index (χ2v) is 6.36. The topological polar surface area (TPSA) is 49.4 Å². The lowest BCUT2D eigenvalue weighted by Gasteiger charge is -2.17. The average molecular weight is 355 g/mol. The molecule has 0 bridgehead atoms. The minimum Gasteiger partial charge on any atom is -0.339 e. The van der Waals surface area contributed by atoms with Crippen molar-refractivity contribution in [2.75, 3.05) is 18.4 Å². The fourth-order valence-corrected chi connectivity index (χ4v) is 2.92. The molecule has 5 heteroatoms. The van der Waals surface area contributed by atoms with Gasteiger partial charge in [-0.1, -0.05) is 35.9 Å². The van der Waals surface area contributed by atoms with Crippen molar-refractivity contribution < 1.29 is 9.59 Å². The molecule has 2 amide bonds. The first-order valence-electron chi connectivity index (χ1n) is 8.26. The lowest BCUT2D eigenvalue weighted by molar-refractivity contribution is -0.111. The molecule has 2 aromatic carbocycles. The Labute approximate surface area is 152 Å². The van der Waals surface area contributed by atoms with E-state index in [1.165, 1.54) is 6.08 Å². The van der Waals surface area contributed by atoms with Crippen LogP contribution in [-0.2, 0) is 4.79 Å². The highest BCUT2D eigenvalue weighted by Crippen LogP contribution is 2.20. The summed E-state index contributed by atoms with van der Waals surface area (Å²) in [7, 11) is 0. The number of para-hydroxylation sites is 1. The Hall–Kier alpha value is -2.59. The van der Waals surface area contributed by atoms with Gasteiger partial charge in [0.05, 0.1) is 11.3 Å². The van der Waals surface area contributed by atoms with E-state index in [1.54, 1.807) is 36.4 Å². The normalized spacial score (nSPS) is 14.0. The van der Waals surface area contributed by atoms with Gasteiger partial charge in [0, 0.05) is 24.2 Å². The summed E-state index contributed by atoms with van der Waals surface area (Å²) in [6, 6.07) is 14.3. The van der Waals surface area contributed by atoms with E-state index in [-0.39, 0.29) is 11.8 Å². The molecule has 128 valence electrons. The first-order chi connectivity index (χ1) is 12.1. The summed E-state index contributed by atoms with van der Waals surface area (Å²) in [6.07, 6.45) is 5.21. The number of benzene rings is 2. The molecule has 0 atom stereocenters. The van der Waals surface area contributed by atoms with Gasteiger partial charge in [-0.25, -0.2) is 0 Å². The van der Waals surface area contributed by atoms with Crippen molar-refractivity contribution in [2.45, 2.75) is 12.8 Å². The van der Waals surface area contributed by atoms with Crippen LogP contribution in [0.25, 0.3) is 6.08 Å². The van der Waals surface area contributed by atoms with Crippen LogP contribution in [0.1, 0.15) is 28.8 Å². The van der Waals surface area contributed by atoms with Gasteiger partial charge in [0.1, 0.15) is 0 Å². The van der Waals surface area contributed by atoms with Gasteiger partial charge in [0.25, 0.3) is 5.91 Å². The molecule has 1 saturated heterocycles. The van der Waals surface area contributed by atoms with E-state index in [4.69, 9.17) is 11.6 Å². The number of carbonyl (C=O) groups excluding carboxylic acids is 2. The number of anilines is 1. The van der Waals surface area contributed by atoms with Gasteiger partial charge in [0.2, 0.25) is 5.91 Å². The van der Waals surface area contributed by atoms with Crippen LogP contribution < -0.4 is 5.32 Å². The highest BCUT2D eigenvalue weighted by Gasteiger charge is 2.21. The van der Waals surface area contributed by atoms with Gasteiger partial charge in [-0.2, -0.15) is 0 Å². The van der Waals surface area contributed by atoms with Crippen molar-refractivity contribution in [1.82, 2.24) is 4.90 Å². The summed E-state index contributed by atoms with van der Waals surface area (Å²) in [6.45, 7) is 1.55. The molecule has 1 aliphatic rings. The smallest absolute Gasteiger partial charge is 0.255 e. The molecule has 1 heterocycles. The van der Waals surface area contributed by atoms with Crippen molar-refractivity contribution in [3.8, 4) is 0 Å². The number of nitrogens with one attached hydrogen (secondary N) is 1. The Bertz CT molecular complexity index is 794. The Morgan fingerprint density at radius 1 is 1.00 bits per heavy atom. The van der Waals surface area contributed by atoms with Gasteiger partial charge >= 0.3 is 0 Å². The summed E-state index contributed by atoms with van der Waals surface area (Å²) >= 11 is 5.84. The van der Waals surface area contributed by atoms with Crippen molar-refractivity contribution in [3.05, 3.63) is 70.8 Å². The maximum atomic E-state index is 12.6. The van der Waals surface area contributed by atoms with Gasteiger partial charge in [-0.3, -0.25) is 9.59 Å². The quantitative estimate of drug-likeness (QED) is 0.835. The molecular formula is C20H19ClN2O2. The maximum absolute atomic E-state index is 12.6. The van der Waals surface area contributed by atoms with Gasteiger partial charge < -0.3 is 10.2 Å². The zero-order valence-corrected chi connectivity index (χ0v) is 14.5. The van der Waals surface area contributed by atoms with Crippen LogP contribution in [0.5, 0.6) is 0 Å². The molecule has 0 radical (unpaired) electrons. The molecule has 0 saturated carbocycles. The van der Waals surface area contributed by atoms with Crippen LogP contribution in [0.15, 0.2) is 54.6 Å². The van der Waals surface area contributed by atoms with Crippen LogP contribution >= 0.6 is 11.6 Å². The standard InChI is InChI=1S/C20H19ClN2O2/c21-16-10-7-15(8-11-16)9-12-19(24)22-18-6-2-1-5-17(18)20(25)23-13-3-4-14-23/h1-2,5-12H,3-4,13-14H2,(H,22,24)/b12-9+. The van der Waals surface area contributed by atoms with E-state index in [2.05, 4.69) is 5.32 Å². The highest BCUT2D eigenvalue weighted by atomic mass is 35.5. The van der Waals surface area contributed by atoms with Crippen LogP contribution in [0, 0.1) is 0 Å². The Kier molecular flexibility index (Phi) is 5.51. The van der Waals surface area contributed by atoms with E-state index in [0.717, 1.165) is 31.5 Å². The Morgan fingerprint density at radius 2 is 1.68 bits per heavy atom. The van der Waals surface area contributed by atoms with E-state index in [0.29, 0.717) is 16.3 Å². The minimum atomic E-state index is -0.281. The molecule has 1 fully saturated rings. The number of hydrogen-bond acceptors (Lipinski definition) is 2. The monoisotopic (exact) mass is 354 g/mol. The zero-order valence-electron chi connectivity index (χ0n) is 13.7. The van der Waals surface area contributed by atoms with Gasteiger partial charge in [-0.05, 0) is 48.7 Å². The lowest BCUT2D eigenvalue weighted by atomic mass is 10.1. The van der Waals surface area contributed by atoms with Gasteiger partial charge in [-0.15, -0.1) is 0 Å². The Balaban J connectivity index is 1.70. The Morgan fingerprint density at radius 3 is 2.40 bits per heavy atom. The van der Waals surface area contributed by atoms with E-state index in [9.17, 15) is 9.59 Å². The number of likely N-dealkylation sites (tertiary alicyclic amines) is 1. The van der Waals surface area contributed by atoms with Crippen molar-refractivity contribution in [2.24, 2.45) is 0 Å². The van der Waals surface area contributed by atoms with Crippen LogP contribution in [0.2, 0.25) is 5.02 Å². The summed E-state index contributed by atoms with van der Waals surface area (Å²) in [5.41, 5.74) is 1.93. The second-order valence-electron chi connectivity index (χ2n) is 5.92. The van der Waals surface area contributed by atoms with Crippen molar-refractivity contribution >= 4 is 35.2 Å². The zero-order chi connectivity index (χ0) is 17.6. The van der Waals surface area contributed by atoms with Crippen molar-refractivity contribution in [1.29, 1.82) is 0 Å². The first kappa shape index (κ1) is 17.2. The highest BCUT2D eigenvalue weighted by molar-refractivity contribution is 6.30. The molecule has 25 heavy (non-hydrogen) atoms. The number of nitrogens with zero attached hydrogens (tertiary/aromatic N) is 1. The third-order valence-electron chi connectivity index (χ3n) is 4.11. The summed E-state index contributed by atoms with van der Waals surface area (Å²) < 4.78 is 0. The minimum absolute atomic E-state index is 0.0323. The van der Waals surface area contributed by atoms with Crippen LogP contribution in [-0.4, -0.2) is 29.8 Å². The molecule has 0 aliphatic carbocycles. The average Bonchev–Trinajstić information content (AvgIpc) is 3.16. The molecule has 1 aliphatic heterocycles.